The summed E-state index contributed by atoms with van der Waals surface area (Å²) < 4.78 is 0. The van der Waals surface area contributed by atoms with E-state index in [1.54, 1.807) is 0 Å². The summed E-state index contributed by atoms with van der Waals surface area (Å²) in [6, 6.07) is 0. The average molecular weight is 173 g/mol. The Hall–Kier alpha value is 0.177. The van der Waals surface area contributed by atoms with Gasteiger partial charge >= 0.3 is 0 Å². The third-order valence-electron chi connectivity index (χ3n) is 2.17. The maximum atomic E-state index is 10.8. The second-order valence-corrected chi connectivity index (χ2v) is 4.81. The topological polar surface area (TPSA) is 19.9 Å². The highest BCUT2D eigenvalue weighted by Crippen LogP contribution is 2.19. The molecule has 0 unspecified atom stereocenters. The molecule has 0 saturated carbocycles. The minimum absolute atomic E-state index is 0.606. The van der Waals surface area contributed by atoms with Gasteiger partial charge in [0.15, 0.2) is 0 Å². The van der Waals surface area contributed by atoms with Gasteiger partial charge in [-0.05, 0) is 5.54 Å². The molecule has 0 aromatic heterocycles. The molecule has 0 aliphatic heterocycles. The van der Waals surface area contributed by atoms with Gasteiger partial charge in [-0.15, -0.1) is 0 Å². The molecule has 0 aromatic rings. The van der Waals surface area contributed by atoms with Crippen molar-refractivity contribution in [3.63, 3.8) is 0 Å². The smallest absolute Gasteiger partial charge is 0.210 e. The van der Waals surface area contributed by atoms with E-state index in [0.717, 1.165) is 0 Å². The van der Waals surface area contributed by atoms with E-state index in [-0.39, 0.29) is 0 Å². The van der Waals surface area contributed by atoms with Gasteiger partial charge < -0.3 is 4.80 Å². The van der Waals surface area contributed by atoms with Crippen molar-refractivity contribution in [1.29, 1.82) is 0 Å². The summed E-state index contributed by atoms with van der Waals surface area (Å²) in [4.78, 5) is 10.8. The number of hydrogen-bond donors (Lipinski definition) is 0. The highest BCUT2D eigenvalue weighted by molar-refractivity contribution is 6.27. The molecular weight excluding hydrogens is 152 g/mol. The number of rotatable bonds is 7. The fourth-order valence-electron chi connectivity index (χ4n) is 1.30. The molecule has 1 radical (unpaired) electrons. The minimum Gasteiger partial charge on any atom is -0.306 e. The van der Waals surface area contributed by atoms with Gasteiger partial charge in [-0.25, -0.2) is 0 Å². The van der Waals surface area contributed by atoms with Crippen molar-refractivity contribution in [2.24, 2.45) is 0 Å². The van der Waals surface area contributed by atoms with Gasteiger partial charge in [0.2, 0.25) is 9.76 Å². The van der Waals surface area contributed by atoms with Crippen molar-refractivity contribution in [3.8, 4) is 0 Å². The van der Waals surface area contributed by atoms with Crippen LogP contribution in [-0.4, -0.2) is 9.76 Å². The van der Waals surface area contributed by atoms with Crippen molar-refractivity contribution in [2.75, 3.05) is 0 Å². The van der Waals surface area contributed by atoms with Crippen molar-refractivity contribution in [3.05, 3.63) is 0 Å². The molecule has 0 rings (SSSR count). The summed E-state index contributed by atoms with van der Waals surface area (Å²) in [6.45, 7) is 4.40. The third kappa shape index (κ3) is 6.57. The van der Waals surface area contributed by atoms with Crippen LogP contribution in [0, 0.1) is 0 Å². The zero-order valence-electron chi connectivity index (χ0n) is 7.94. The van der Waals surface area contributed by atoms with Crippen molar-refractivity contribution in [1.82, 2.24) is 0 Å². The molecule has 11 heavy (non-hydrogen) atoms. The maximum Gasteiger partial charge on any atom is 0.210 e. The van der Waals surface area contributed by atoms with E-state index in [1.807, 2.05) is 0 Å². The Bertz CT molecular complexity index is 68.0. The summed E-state index contributed by atoms with van der Waals surface area (Å²) >= 11 is 0. The highest BCUT2D eigenvalue weighted by atomic mass is 28.2. The van der Waals surface area contributed by atoms with Crippen LogP contribution in [0.1, 0.15) is 52.4 Å². The largest absolute Gasteiger partial charge is 0.306 e. The van der Waals surface area contributed by atoms with Gasteiger partial charge in [-0.1, -0.05) is 52.4 Å². The monoisotopic (exact) mass is 173 g/mol. The van der Waals surface area contributed by atoms with Gasteiger partial charge in [0.25, 0.3) is 0 Å². The fraction of sp³-hybridized carbons (Fsp3) is 1.00. The number of unbranched alkanes of at least 4 members (excludes halogenated alkanes) is 2. The quantitative estimate of drug-likeness (QED) is 0.528. The first kappa shape index (κ1) is 11.2. The molecule has 0 fully saturated rings. The Morgan fingerprint density at radius 3 is 1.82 bits per heavy atom. The van der Waals surface area contributed by atoms with E-state index in [0.29, 0.717) is 5.54 Å². The van der Waals surface area contributed by atoms with Crippen LogP contribution in [0.5, 0.6) is 0 Å². The fourth-order valence-corrected chi connectivity index (χ4v) is 2.21. The van der Waals surface area contributed by atoms with E-state index >= 15 is 0 Å². The lowest BCUT2D eigenvalue weighted by molar-refractivity contribution is 0.440. The van der Waals surface area contributed by atoms with E-state index < -0.39 is 9.76 Å². The Balaban J connectivity index is 3.25. The Morgan fingerprint density at radius 2 is 1.55 bits per heavy atom. The SMILES string of the molecule is CCCCC(CCCC)[SiH2][O]. The van der Waals surface area contributed by atoms with Gasteiger partial charge in [-0.3, -0.25) is 0 Å². The van der Waals surface area contributed by atoms with Gasteiger partial charge in [-0.2, -0.15) is 0 Å². The normalized spacial score (nSPS) is 12.0. The van der Waals surface area contributed by atoms with Crippen molar-refractivity contribution >= 4 is 9.76 Å². The lowest BCUT2D eigenvalue weighted by Gasteiger charge is -2.10. The lowest BCUT2D eigenvalue weighted by Crippen LogP contribution is -2.01. The molecule has 0 saturated heterocycles. The zero-order chi connectivity index (χ0) is 8.53. The average Bonchev–Trinajstić information content (AvgIpc) is 2.05. The second kappa shape index (κ2) is 8.28. The standard InChI is InChI=1S/C9H21OSi/c1-3-5-7-9(11-10)8-6-4-2/h9H,3-8,11H2,1-2H3. The van der Waals surface area contributed by atoms with Crippen LogP contribution >= 0.6 is 0 Å². The Morgan fingerprint density at radius 1 is 1.09 bits per heavy atom. The molecule has 0 atom stereocenters. The summed E-state index contributed by atoms with van der Waals surface area (Å²) in [5.41, 5.74) is 0.606. The van der Waals surface area contributed by atoms with Crippen molar-refractivity contribution < 1.29 is 4.80 Å². The summed E-state index contributed by atoms with van der Waals surface area (Å²) in [5, 5.41) is 0. The van der Waals surface area contributed by atoms with Crippen LogP contribution < -0.4 is 0 Å². The Kier molecular flexibility index (Phi) is 8.41. The predicted octanol–water partition coefficient (Wildman–Crippen LogP) is 2.67. The molecular formula is C9H21OSi. The molecule has 0 aromatic carbocycles. The first-order valence-electron chi connectivity index (χ1n) is 4.93. The minimum atomic E-state index is -0.963. The molecule has 0 aliphatic carbocycles. The lowest BCUT2D eigenvalue weighted by atomic mass is 10.1. The molecule has 0 spiro atoms. The highest BCUT2D eigenvalue weighted by Gasteiger charge is 2.06. The second-order valence-electron chi connectivity index (χ2n) is 3.32. The van der Waals surface area contributed by atoms with Crippen LogP contribution in [0.3, 0.4) is 0 Å². The van der Waals surface area contributed by atoms with E-state index in [9.17, 15) is 4.80 Å². The first-order valence-corrected chi connectivity index (χ1v) is 6.32. The molecule has 0 heterocycles. The number of hydrogen-bond acceptors (Lipinski definition) is 0. The summed E-state index contributed by atoms with van der Waals surface area (Å²) in [5.74, 6) is 0. The molecule has 67 valence electrons. The first-order chi connectivity index (χ1) is 5.35. The van der Waals surface area contributed by atoms with Crippen LogP contribution in [0.4, 0.5) is 0 Å². The molecule has 0 aliphatic rings. The maximum absolute atomic E-state index is 10.8. The Labute approximate surface area is 73.2 Å². The van der Waals surface area contributed by atoms with E-state index in [1.165, 1.54) is 38.5 Å². The van der Waals surface area contributed by atoms with Crippen molar-refractivity contribution in [2.45, 2.75) is 57.9 Å². The van der Waals surface area contributed by atoms with Gasteiger partial charge in [0.05, 0.1) is 0 Å². The summed E-state index contributed by atoms with van der Waals surface area (Å²) in [6.07, 6.45) is 7.46. The molecule has 2 heteroatoms. The van der Waals surface area contributed by atoms with Crippen LogP contribution in [0.15, 0.2) is 0 Å². The van der Waals surface area contributed by atoms with Crippen LogP contribution in [0.2, 0.25) is 5.54 Å². The third-order valence-corrected chi connectivity index (χ3v) is 3.46. The molecule has 0 bridgehead atoms. The van der Waals surface area contributed by atoms with Crippen LogP contribution in [-0.2, 0) is 4.80 Å². The van der Waals surface area contributed by atoms with E-state index in [2.05, 4.69) is 13.8 Å². The zero-order valence-corrected chi connectivity index (χ0v) is 9.35. The van der Waals surface area contributed by atoms with Gasteiger partial charge in [0, 0.05) is 0 Å². The van der Waals surface area contributed by atoms with E-state index in [4.69, 9.17) is 0 Å². The van der Waals surface area contributed by atoms with Gasteiger partial charge in [0.1, 0.15) is 0 Å². The molecule has 0 N–H and O–H groups in total. The molecule has 0 amide bonds. The van der Waals surface area contributed by atoms with Crippen LogP contribution in [0.25, 0.3) is 0 Å². The molecule has 1 nitrogen and oxygen atoms in total. The summed E-state index contributed by atoms with van der Waals surface area (Å²) in [7, 11) is -0.963. The predicted molar refractivity (Wildman–Crippen MR) is 52.0 cm³/mol.